The standard InChI is InChI=1S/C12H16O4/c1-3-16-12(14)7-5-9-4-6-10(15-2)8-11(9)13/h4,6,8,13H,3,5,7H2,1-2H3. The van der Waals surface area contributed by atoms with Crippen LogP contribution >= 0.6 is 0 Å². The maximum Gasteiger partial charge on any atom is 0.306 e. The van der Waals surface area contributed by atoms with E-state index in [4.69, 9.17) is 9.47 Å². The Morgan fingerprint density at radius 1 is 1.44 bits per heavy atom. The SMILES string of the molecule is CCOC(=O)CCc1ccc(OC)cc1O. The number of ether oxygens (including phenoxy) is 2. The monoisotopic (exact) mass is 224 g/mol. The van der Waals surface area contributed by atoms with Gasteiger partial charge in [0.25, 0.3) is 0 Å². The van der Waals surface area contributed by atoms with Crippen LogP contribution < -0.4 is 4.74 Å². The zero-order chi connectivity index (χ0) is 12.0. The minimum atomic E-state index is -0.252. The lowest BCUT2D eigenvalue weighted by Crippen LogP contribution is -2.05. The lowest BCUT2D eigenvalue weighted by molar-refractivity contribution is -0.143. The first-order valence-electron chi connectivity index (χ1n) is 5.19. The number of carbonyl (C=O) groups is 1. The first kappa shape index (κ1) is 12.4. The van der Waals surface area contributed by atoms with Crippen molar-refractivity contribution < 1.29 is 19.4 Å². The van der Waals surface area contributed by atoms with Gasteiger partial charge in [0.1, 0.15) is 11.5 Å². The molecule has 0 atom stereocenters. The van der Waals surface area contributed by atoms with E-state index in [1.165, 1.54) is 13.2 Å². The Hall–Kier alpha value is -1.71. The van der Waals surface area contributed by atoms with E-state index in [-0.39, 0.29) is 18.1 Å². The number of carbonyl (C=O) groups excluding carboxylic acids is 1. The number of esters is 1. The third-order valence-corrected chi connectivity index (χ3v) is 2.20. The third-order valence-electron chi connectivity index (χ3n) is 2.20. The van der Waals surface area contributed by atoms with Gasteiger partial charge in [-0.3, -0.25) is 4.79 Å². The molecule has 0 amide bonds. The number of hydrogen-bond acceptors (Lipinski definition) is 4. The first-order valence-corrected chi connectivity index (χ1v) is 5.19. The summed E-state index contributed by atoms with van der Waals surface area (Å²) in [6.45, 7) is 2.15. The summed E-state index contributed by atoms with van der Waals surface area (Å²) in [6, 6.07) is 5.02. The maximum atomic E-state index is 11.1. The Kier molecular flexibility index (Phi) is 4.64. The Morgan fingerprint density at radius 2 is 2.19 bits per heavy atom. The molecule has 0 aromatic heterocycles. The Bertz CT molecular complexity index is 360. The van der Waals surface area contributed by atoms with E-state index < -0.39 is 0 Å². The van der Waals surface area contributed by atoms with Crippen LogP contribution in [0.5, 0.6) is 11.5 Å². The lowest BCUT2D eigenvalue weighted by Gasteiger charge is -2.06. The molecular formula is C12H16O4. The van der Waals surface area contributed by atoms with E-state index >= 15 is 0 Å². The van der Waals surface area contributed by atoms with E-state index in [2.05, 4.69) is 0 Å². The first-order chi connectivity index (χ1) is 7.67. The Balaban J connectivity index is 2.57. The van der Waals surface area contributed by atoms with Crippen molar-refractivity contribution >= 4 is 5.97 Å². The predicted molar refractivity (Wildman–Crippen MR) is 59.6 cm³/mol. The van der Waals surface area contributed by atoms with Crippen LogP contribution in [0.2, 0.25) is 0 Å². The Morgan fingerprint density at radius 3 is 2.75 bits per heavy atom. The minimum absolute atomic E-state index is 0.142. The van der Waals surface area contributed by atoms with E-state index in [0.29, 0.717) is 24.3 Å². The zero-order valence-corrected chi connectivity index (χ0v) is 9.53. The van der Waals surface area contributed by atoms with Gasteiger partial charge in [-0.2, -0.15) is 0 Å². The molecule has 0 saturated heterocycles. The van der Waals surface area contributed by atoms with Crippen molar-refractivity contribution in [2.75, 3.05) is 13.7 Å². The highest BCUT2D eigenvalue weighted by Gasteiger charge is 2.07. The molecule has 1 N–H and O–H groups in total. The molecule has 16 heavy (non-hydrogen) atoms. The molecule has 0 spiro atoms. The molecule has 0 radical (unpaired) electrons. The highest BCUT2D eigenvalue weighted by molar-refractivity contribution is 5.69. The van der Waals surface area contributed by atoms with Crippen LogP contribution in [0.1, 0.15) is 18.9 Å². The summed E-state index contributed by atoms with van der Waals surface area (Å²) in [4.78, 5) is 11.1. The van der Waals surface area contributed by atoms with Crippen molar-refractivity contribution in [1.82, 2.24) is 0 Å². The predicted octanol–water partition coefficient (Wildman–Crippen LogP) is 1.90. The fraction of sp³-hybridized carbons (Fsp3) is 0.417. The van der Waals surface area contributed by atoms with Gasteiger partial charge in [-0.05, 0) is 25.0 Å². The molecule has 0 saturated carbocycles. The number of phenolic OH excluding ortho intramolecular Hbond substituents is 1. The number of benzene rings is 1. The number of methoxy groups -OCH3 is 1. The highest BCUT2D eigenvalue weighted by Crippen LogP contribution is 2.24. The van der Waals surface area contributed by atoms with Gasteiger partial charge in [0.05, 0.1) is 13.7 Å². The smallest absolute Gasteiger partial charge is 0.306 e. The zero-order valence-electron chi connectivity index (χ0n) is 9.53. The molecular weight excluding hydrogens is 208 g/mol. The number of aryl methyl sites for hydroxylation is 1. The van der Waals surface area contributed by atoms with Gasteiger partial charge in [0, 0.05) is 12.5 Å². The normalized spacial score (nSPS) is 9.88. The average molecular weight is 224 g/mol. The van der Waals surface area contributed by atoms with Crippen molar-refractivity contribution in [1.29, 1.82) is 0 Å². The molecule has 1 aromatic carbocycles. The molecule has 0 bridgehead atoms. The summed E-state index contributed by atoms with van der Waals surface area (Å²) in [5.41, 5.74) is 0.717. The van der Waals surface area contributed by atoms with Gasteiger partial charge in [-0.1, -0.05) is 6.07 Å². The largest absolute Gasteiger partial charge is 0.508 e. The van der Waals surface area contributed by atoms with Crippen LogP contribution in [0.4, 0.5) is 0 Å². The summed E-state index contributed by atoms with van der Waals surface area (Å²) in [6.07, 6.45) is 0.738. The summed E-state index contributed by atoms with van der Waals surface area (Å²) in [5, 5.41) is 9.63. The summed E-state index contributed by atoms with van der Waals surface area (Å²) in [7, 11) is 1.53. The number of phenols is 1. The fourth-order valence-corrected chi connectivity index (χ4v) is 1.35. The molecule has 4 nitrogen and oxygen atoms in total. The van der Waals surface area contributed by atoms with Gasteiger partial charge in [-0.25, -0.2) is 0 Å². The van der Waals surface area contributed by atoms with Crippen LogP contribution in [0, 0.1) is 0 Å². The third kappa shape index (κ3) is 3.46. The molecule has 1 rings (SSSR count). The van der Waals surface area contributed by atoms with Gasteiger partial charge in [0.15, 0.2) is 0 Å². The summed E-state index contributed by atoms with van der Waals surface area (Å²) >= 11 is 0. The molecule has 88 valence electrons. The number of hydrogen-bond donors (Lipinski definition) is 1. The molecule has 0 aliphatic carbocycles. The number of rotatable bonds is 5. The van der Waals surface area contributed by atoms with Crippen LogP contribution in [0.15, 0.2) is 18.2 Å². The van der Waals surface area contributed by atoms with Gasteiger partial charge >= 0.3 is 5.97 Å². The van der Waals surface area contributed by atoms with E-state index in [1.807, 2.05) is 0 Å². The van der Waals surface area contributed by atoms with Crippen LogP contribution in [-0.2, 0) is 16.0 Å². The van der Waals surface area contributed by atoms with Crippen LogP contribution in [0.25, 0.3) is 0 Å². The van der Waals surface area contributed by atoms with Crippen LogP contribution in [-0.4, -0.2) is 24.8 Å². The van der Waals surface area contributed by atoms with Crippen molar-refractivity contribution in [3.8, 4) is 11.5 Å². The molecule has 4 heteroatoms. The summed E-state index contributed by atoms with van der Waals surface area (Å²) in [5.74, 6) is 0.485. The second-order valence-corrected chi connectivity index (χ2v) is 3.30. The van der Waals surface area contributed by atoms with Crippen molar-refractivity contribution in [3.05, 3.63) is 23.8 Å². The van der Waals surface area contributed by atoms with Crippen LogP contribution in [0.3, 0.4) is 0 Å². The molecule has 0 unspecified atom stereocenters. The second kappa shape index (κ2) is 6.00. The van der Waals surface area contributed by atoms with Gasteiger partial charge in [0.2, 0.25) is 0 Å². The molecule has 0 fully saturated rings. The maximum absolute atomic E-state index is 11.1. The summed E-state index contributed by atoms with van der Waals surface area (Å²) < 4.78 is 9.77. The van der Waals surface area contributed by atoms with Gasteiger partial charge in [-0.15, -0.1) is 0 Å². The molecule has 0 aliphatic heterocycles. The minimum Gasteiger partial charge on any atom is -0.508 e. The van der Waals surface area contributed by atoms with E-state index in [0.717, 1.165) is 0 Å². The molecule has 0 aliphatic rings. The van der Waals surface area contributed by atoms with E-state index in [9.17, 15) is 9.90 Å². The topological polar surface area (TPSA) is 55.8 Å². The fourth-order valence-electron chi connectivity index (χ4n) is 1.35. The molecule has 0 heterocycles. The van der Waals surface area contributed by atoms with Crippen molar-refractivity contribution in [3.63, 3.8) is 0 Å². The highest BCUT2D eigenvalue weighted by atomic mass is 16.5. The van der Waals surface area contributed by atoms with E-state index in [1.54, 1.807) is 19.1 Å². The number of aromatic hydroxyl groups is 1. The quantitative estimate of drug-likeness (QED) is 0.776. The van der Waals surface area contributed by atoms with Gasteiger partial charge < -0.3 is 14.6 Å². The van der Waals surface area contributed by atoms with Crippen molar-refractivity contribution in [2.24, 2.45) is 0 Å². The van der Waals surface area contributed by atoms with Crippen molar-refractivity contribution in [2.45, 2.75) is 19.8 Å². The lowest BCUT2D eigenvalue weighted by atomic mass is 10.1. The second-order valence-electron chi connectivity index (χ2n) is 3.30. The average Bonchev–Trinajstić information content (AvgIpc) is 2.27. The molecule has 1 aromatic rings. The Labute approximate surface area is 94.8 Å².